The Bertz CT molecular complexity index is 538. The molecule has 0 spiro atoms. The zero-order valence-corrected chi connectivity index (χ0v) is 11.0. The van der Waals surface area contributed by atoms with Crippen LogP contribution in [0.4, 0.5) is 4.79 Å². The Labute approximate surface area is 116 Å². The van der Waals surface area contributed by atoms with Crippen LogP contribution in [0, 0.1) is 0 Å². The number of alkyl carbamates (subject to hydrolysis) is 1. The van der Waals surface area contributed by atoms with E-state index in [9.17, 15) is 9.59 Å². The topological polar surface area (TPSA) is 88.5 Å². The molecule has 0 aliphatic heterocycles. The highest BCUT2D eigenvalue weighted by molar-refractivity contribution is 5.89. The van der Waals surface area contributed by atoms with E-state index in [-0.39, 0.29) is 24.6 Å². The van der Waals surface area contributed by atoms with Gasteiger partial charge in [-0.1, -0.05) is 12.7 Å². The van der Waals surface area contributed by atoms with Crippen molar-refractivity contribution < 1.29 is 19.4 Å². The molecule has 1 fully saturated rings. The number of ether oxygens (including phenoxy) is 1. The van der Waals surface area contributed by atoms with Gasteiger partial charge in [0.1, 0.15) is 6.61 Å². The van der Waals surface area contributed by atoms with Gasteiger partial charge in [0.15, 0.2) is 0 Å². The predicted octanol–water partition coefficient (Wildman–Crippen LogP) is 2.07. The molecule has 0 bridgehead atoms. The van der Waals surface area contributed by atoms with Crippen molar-refractivity contribution in [1.82, 2.24) is 10.3 Å². The van der Waals surface area contributed by atoms with Crippen LogP contribution in [0.1, 0.15) is 40.5 Å². The van der Waals surface area contributed by atoms with Gasteiger partial charge >= 0.3 is 12.1 Å². The molecule has 0 atom stereocenters. The fourth-order valence-electron chi connectivity index (χ4n) is 1.81. The fourth-order valence-corrected chi connectivity index (χ4v) is 1.81. The number of nitrogens with one attached hydrogen (secondary N) is 1. The van der Waals surface area contributed by atoms with E-state index in [1.807, 2.05) is 0 Å². The van der Waals surface area contributed by atoms with Crippen LogP contribution in [-0.2, 0) is 11.3 Å². The number of hydrogen-bond donors (Lipinski definition) is 2. The maximum atomic E-state index is 11.3. The molecule has 1 aliphatic carbocycles. The zero-order chi connectivity index (χ0) is 14.5. The zero-order valence-electron chi connectivity index (χ0n) is 11.0. The van der Waals surface area contributed by atoms with Crippen LogP contribution in [0.5, 0.6) is 0 Å². The first-order valence-corrected chi connectivity index (χ1v) is 6.36. The van der Waals surface area contributed by atoms with E-state index in [2.05, 4.69) is 16.9 Å². The standard InChI is InChI=1S/C14H16N2O4/c1-2-7-20-14(19)15-8-10-5-6-11(13(17)18)12(16-10)9-3-4-9/h2,5-6,9H,1,3-4,7-8H2,(H,15,19)(H,17,18). The summed E-state index contributed by atoms with van der Waals surface area (Å²) < 4.78 is 4.77. The molecule has 6 heteroatoms. The minimum atomic E-state index is -0.968. The molecule has 0 aromatic carbocycles. The lowest BCUT2D eigenvalue weighted by molar-refractivity contribution is 0.0695. The van der Waals surface area contributed by atoms with Crippen molar-refractivity contribution in [1.29, 1.82) is 0 Å². The molecule has 1 aromatic heterocycles. The summed E-state index contributed by atoms with van der Waals surface area (Å²) >= 11 is 0. The summed E-state index contributed by atoms with van der Waals surface area (Å²) in [5.41, 5.74) is 1.47. The fraction of sp³-hybridized carbons (Fsp3) is 0.357. The summed E-state index contributed by atoms with van der Waals surface area (Å²) in [5, 5.41) is 11.7. The minimum Gasteiger partial charge on any atom is -0.478 e. The van der Waals surface area contributed by atoms with E-state index in [1.54, 1.807) is 6.07 Å². The van der Waals surface area contributed by atoms with Crippen LogP contribution in [-0.4, -0.2) is 28.8 Å². The van der Waals surface area contributed by atoms with Crippen molar-refractivity contribution in [2.75, 3.05) is 6.61 Å². The number of carboxylic acid groups (broad SMARTS) is 1. The van der Waals surface area contributed by atoms with Gasteiger partial charge in [-0.3, -0.25) is 4.98 Å². The van der Waals surface area contributed by atoms with Crippen LogP contribution >= 0.6 is 0 Å². The summed E-state index contributed by atoms with van der Waals surface area (Å²) in [4.78, 5) is 26.7. The van der Waals surface area contributed by atoms with E-state index in [0.717, 1.165) is 12.8 Å². The average Bonchev–Trinajstić information content (AvgIpc) is 3.26. The number of aromatic carboxylic acids is 1. The van der Waals surface area contributed by atoms with Crippen LogP contribution in [0.3, 0.4) is 0 Å². The largest absolute Gasteiger partial charge is 0.478 e. The Morgan fingerprint density at radius 2 is 2.25 bits per heavy atom. The van der Waals surface area contributed by atoms with Gasteiger partial charge in [-0.05, 0) is 25.0 Å². The lowest BCUT2D eigenvalue weighted by atomic mass is 10.1. The van der Waals surface area contributed by atoms with E-state index >= 15 is 0 Å². The number of pyridine rings is 1. The number of rotatable bonds is 6. The number of carbonyl (C=O) groups is 2. The molecule has 20 heavy (non-hydrogen) atoms. The quantitative estimate of drug-likeness (QED) is 0.776. The Kier molecular flexibility index (Phi) is 4.34. The van der Waals surface area contributed by atoms with E-state index in [0.29, 0.717) is 11.4 Å². The van der Waals surface area contributed by atoms with Gasteiger partial charge in [0.25, 0.3) is 0 Å². The third kappa shape index (κ3) is 3.57. The minimum absolute atomic E-state index is 0.143. The van der Waals surface area contributed by atoms with Crippen molar-refractivity contribution in [3.63, 3.8) is 0 Å². The highest BCUT2D eigenvalue weighted by Gasteiger charge is 2.29. The van der Waals surface area contributed by atoms with Crippen LogP contribution in [0.15, 0.2) is 24.8 Å². The van der Waals surface area contributed by atoms with Gasteiger partial charge < -0.3 is 15.2 Å². The average molecular weight is 276 g/mol. The Morgan fingerprint density at radius 1 is 1.50 bits per heavy atom. The third-order valence-corrected chi connectivity index (χ3v) is 2.92. The summed E-state index contributed by atoms with van der Waals surface area (Å²) in [7, 11) is 0. The molecule has 1 amide bonds. The molecule has 2 N–H and O–H groups in total. The van der Waals surface area contributed by atoms with Crippen molar-refractivity contribution in [3.05, 3.63) is 41.7 Å². The number of hydrogen-bond acceptors (Lipinski definition) is 4. The maximum Gasteiger partial charge on any atom is 0.407 e. The smallest absolute Gasteiger partial charge is 0.407 e. The van der Waals surface area contributed by atoms with E-state index < -0.39 is 12.1 Å². The van der Waals surface area contributed by atoms with E-state index in [4.69, 9.17) is 9.84 Å². The molecular formula is C14H16N2O4. The highest BCUT2D eigenvalue weighted by atomic mass is 16.5. The molecule has 0 saturated heterocycles. The number of aromatic nitrogens is 1. The second kappa shape index (κ2) is 6.18. The lowest BCUT2D eigenvalue weighted by Crippen LogP contribution is -2.24. The first kappa shape index (κ1) is 14.0. The number of amides is 1. The van der Waals surface area contributed by atoms with Crippen molar-refractivity contribution >= 4 is 12.1 Å². The van der Waals surface area contributed by atoms with Crippen molar-refractivity contribution in [2.24, 2.45) is 0 Å². The first-order chi connectivity index (χ1) is 9.61. The van der Waals surface area contributed by atoms with Crippen LogP contribution < -0.4 is 5.32 Å². The number of nitrogens with zero attached hydrogens (tertiary/aromatic N) is 1. The molecule has 0 radical (unpaired) electrons. The second-order valence-corrected chi connectivity index (χ2v) is 4.56. The Morgan fingerprint density at radius 3 is 2.85 bits per heavy atom. The molecule has 6 nitrogen and oxygen atoms in total. The summed E-state index contributed by atoms with van der Waals surface area (Å²) in [6.07, 6.45) is 2.85. The summed E-state index contributed by atoms with van der Waals surface area (Å²) in [6.45, 7) is 3.79. The summed E-state index contributed by atoms with van der Waals surface area (Å²) in [5.74, 6) is -0.738. The molecule has 0 unspecified atom stereocenters. The molecule has 106 valence electrons. The van der Waals surface area contributed by atoms with Crippen molar-refractivity contribution in [3.8, 4) is 0 Å². The van der Waals surface area contributed by atoms with Gasteiger partial charge in [0.05, 0.1) is 23.5 Å². The predicted molar refractivity (Wildman–Crippen MR) is 71.6 cm³/mol. The summed E-state index contributed by atoms with van der Waals surface area (Å²) in [6, 6.07) is 3.14. The van der Waals surface area contributed by atoms with Gasteiger partial charge in [-0.15, -0.1) is 0 Å². The molecule has 1 aromatic rings. The third-order valence-electron chi connectivity index (χ3n) is 2.92. The van der Waals surface area contributed by atoms with E-state index in [1.165, 1.54) is 12.1 Å². The SMILES string of the molecule is C=CCOC(=O)NCc1ccc(C(=O)O)c(C2CC2)n1. The number of carbonyl (C=O) groups excluding carboxylic acids is 1. The monoisotopic (exact) mass is 276 g/mol. The molecule has 1 saturated carbocycles. The molecule has 2 rings (SSSR count). The van der Waals surface area contributed by atoms with Gasteiger partial charge in [-0.2, -0.15) is 0 Å². The van der Waals surface area contributed by atoms with Gasteiger partial charge in [0.2, 0.25) is 0 Å². The lowest BCUT2D eigenvalue weighted by Gasteiger charge is -2.08. The second-order valence-electron chi connectivity index (χ2n) is 4.56. The van der Waals surface area contributed by atoms with Crippen molar-refractivity contribution in [2.45, 2.75) is 25.3 Å². The maximum absolute atomic E-state index is 11.3. The van der Waals surface area contributed by atoms with Crippen LogP contribution in [0.2, 0.25) is 0 Å². The normalized spacial score (nSPS) is 13.6. The van der Waals surface area contributed by atoms with Gasteiger partial charge in [-0.25, -0.2) is 9.59 Å². The molecular weight excluding hydrogens is 260 g/mol. The number of carboxylic acids is 1. The molecule has 1 aliphatic rings. The van der Waals surface area contributed by atoms with Crippen LogP contribution in [0.25, 0.3) is 0 Å². The molecule has 1 heterocycles. The Balaban J connectivity index is 2.02. The first-order valence-electron chi connectivity index (χ1n) is 6.36. The van der Waals surface area contributed by atoms with Gasteiger partial charge in [0, 0.05) is 5.92 Å². The Hall–Kier alpha value is -2.37. The highest BCUT2D eigenvalue weighted by Crippen LogP contribution is 2.40.